The predicted octanol–water partition coefficient (Wildman–Crippen LogP) is 4.43. The van der Waals surface area contributed by atoms with Gasteiger partial charge in [-0.25, -0.2) is 4.98 Å². The third kappa shape index (κ3) is 2.81. The molecule has 0 amide bonds. The quantitative estimate of drug-likeness (QED) is 0.645. The molecule has 0 bridgehead atoms. The molecule has 0 saturated heterocycles. The molecule has 118 valence electrons. The molecule has 3 aromatic rings. The maximum atomic E-state index is 13.0. The van der Waals surface area contributed by atoms with Gasteiger partial charge in [0.15, 0.2) is 0 Å². The summed E-state index contributed by atoms with van der Waals surface area (Å²) in [5, 5.41) is 1.53. The largest absolute Gasteiger partial charge is 0.294 e. The zero-order valence-corrected chi connectivity index (χ0v) is 14.3. The van der Waals surface area contributed by atoms with Crippen LogP contribution in [0.4, 0.5) is 0 Å². The van der Waals surface area contributed by atoms with Gasteiger partial charge in [0.1, 0.15) is 4.83 Å². The average molecular weight is 345 g/mol. The Kier molecular flexibility index (Phi) is 3.95. The molecule has 0 unspecified atom stereocenters. The molecule has 0 aliphatic heterocycles. The molecule has 0 spiro atoms. The zero-order valence-electron chi connectivity index (χ0n) is 12.7. The summed E-state index contributed by atoms with van der Waals surface area (Å²) < 4.78 is 1.70. The number of hydrogen-bond acceptors (Lipinski definition) is 3. The highest BCUT2D eigenvalue weighted by Crippen LogP contribution is 2.32. The van der Waals surface area contributed by atoms with Crippen LogP contribution in [0.1, 0.15) is 35.3 Å². The first kappa shape index (κ1) is 14.9. The van der Waals surface area contributed by atoms with Gasteiger partial charge in [0.05, 0.1) is 18.3 Å². The number of benzene rings is 1. The van der Waals surface area contributed by atoms with E-state index in [0.29, 0.717) is 11.6 Å². The fourth-order valence-corrected chi connectivity index (χ4v) is 4.73. The Balaban J connectivity index is 1.81. The first-order chi connectivity index (χ1) is 11.2. The molecule has 0 radical (unpaired) electrons. The molecule has 1 aliphatic rings. The third-order valence-electron chi connectivity index (χ3n) is 4.43. The number of aromatic nitrogens is 2. The van der Waals surface area contributed by atoms with Gasteiger partial charge in [0.2, 0.25) is 0 Å². The molecule has 4 rings (SSSR count). The Hall–Kier alpha value is -1.65. The molecule has 5 heteroatoms. The highest BCUT2D eigenvalue weighted by Gasteiger charge is 2.19. The molecule has 0 saturated carbocycles. The molecular weight excluding hydrogens is 328 g/mol. The van der Waals surface area contributed by atoms with E-state index in [1.807, 2.05) is 24.3 Å². The van der Waals surface area contributed by atoms with Crippen LogP contribution >= 0.6 is 22.9 Å². The number of hydrogen-bond donors (Lipinski definition) is 0. The highest BCUT2D eigenvalue weighted by atomic mass is 35.5. The SMILES string of the molecule is O=c1c2c3c(sc2ncn1Cc1cccc(Cl)c1)CCCCC3. The summed E-state index contributed by atoms with van der Waals surface area (Å²) in [6, 6.07) is 7.63. The zero-order chi connectivity index (χ0) is 15.8. The minimum absolute atomic E-state index is 0.0781. The van der Waals surface area contributed by atoms with E-state index in [2.05, 4.69) is 4.98 Å². The third-order valence-corrected chi connectivity index (χ3v) is 5.87. The Morgan fingerprint density at radius 2 is 2.09 bits per heavy atom. The molecule has 3 nitrogen and oxygen atoms in total. The van der Waals surface area contributed by atoms with Gasteiger partial charge in [-0.3, -0.25) is 9.36 Å². The summed E-state index contributed by atoms with van der Waals surface area (Å²) in [5.74, 6) is 0. The van der Waals surface area contributed by atoms with E-state index in [1.165, 1.54) is 29.7 Å². The van der Waals surface area contributed by atoms with Crippen molar-refractivity contribution in [1.29, 1.82) is 0 Å². The minimum Gasteiger partial charge on any atom is -0.294 e. The predicted molar refractivity (Wildman–Crippen MR) is 95.7 cm³/mol. The van der Waals surface area contributed by atoms with Crippen molar-refractivity contribution in [2.75, 3.05) is 0 Å². The number of fused-ring (bicyclic) bond motifs is 3. The van der Waals surface area contributed by atoms with Gasteiger partial charge in [-0.05, 0) is 48.9 Å². The second-order valence-corrected chi connectivity index (χ2v) is 7.57. The summed E-state index contributed by atoms with van der Waals surface area (Å²) in [6.45, 7) is 0.507. The van der Waals surface area contributed by atoms with Crippen LogP contribution in [0.3, 0.4) is 0 Å². The number of halogens is 1. The standard InChI is InChI=1S/C18H17ClN2OS/c19-13-6-4-5-12(9-13)10-21-11-20-17-16(18(21)22)14-7-2-1-3-8-15(14)23-17/h4-6,9,11H,1-3,7-8,10H2. The van der Waals surface area contributed by atoms with Crippen LogP contribution in [-0.2, 0) is 19.4 Å². The van der Waals surface area contributed by atoms with Crippen molar-refractivity contribution in [2.24, 2.45) is 0 Å². The van der Waals surface area contributed by atoms with E-state index in [-0.39, 0.29) is 5.56 Å². The van der Waals surface area contributed by atoms with Crippen molar-refractivity contribution < 1.29 is 0 Å². The van der Waals surface area contributed by atoms with Gasteiger partial charge in [-0.2, -0.15) is 0 Å². The van der Waals surface area contributed by atoms with Crippen LogP contribution in [0.2, 0.25) is 5.02 Å². The van der Waals surface area contributed by atoms with Crippen LogP contribution in [0.5, 0.6) is 0 Å². The lowest BCUT2D eigenvalue weighted by molar-refractivity contribution is 0.712. The maximum absolute atomic E-state index is 13.0. The number of aryl methyl sites for hydroxylation is 2. The summed E-state index contributed by atoms with van der Waals surface area (Å²) in [6.07, 6.45) is 7.40. The Morgan fingerprint density at radius 1 is 1.22 bits per heavy atom. The highest BCUT2D eigenvalue weighted by molar-refractivity contribution is 7.18. The van der Waals surface area contributed by atoms with Gasteiger partial charge in [0, 0.05) is 9.90 Å². The summed E-state index contributed by atoms with van der Waals surface area (Å²) in [4.78, 5) is 19.8. The van der Waals surface area contributed by atoms with Crippen LogP contribution in [-0.4, -0.2) is 9.55 Å². The molecule has 1 aromatic carbocycles. The minimum atomic E-state index is 0.0781. The fraction of sp³-hybridized carbons (Fsp3) is 0.333. The van der Waals surface area contributed by atoms with Crippen molar-refractivity contribution in [3.8, 4) is 0 Å². The lowest BCUT2D eigenvalue weighted by atomic mass is 10.1. The molecule has 2 aromatic heterocycles. The summed E-state index contributed by atoms with van der Waals surface area (Å²) >= 11 is 7.74. The van der Waals surface area contributed by atoms with Crippen LogP contribution in [0.25, 0.3) is 10.2 Å². The lowest BCUT2D eigenvalue weighted by Gasteiger charge is -2.06. The Labute approximate surface area is 143 Å². The van der Waals surface area contributed by atoms with E-state index in [0.717, 1.165) is 28.6 Å². The van der Waals surface area contributed by atoms with Gasteiger partial charge in [0.25, 0.3) is 5.56 Å². The van der Waals surface area contributed by atoms with Crippen LogP contribution < -0.4 is 5.56 Å². The topological polar surface area (TPSA) is 34.9 Å². The van der Waals surface area contributed by atoms with E-state index in [4.69, 9.17) is 11.6 Å². The second-order valence-electron chi connectivity index (χ2n) is 6.05. The van der Waals surface area contributed by atoms with Crippen molar-refractivity contribution in [2.45, 2.75) is 38.6 Å². The van der Waals surface area contributed by atoms with Crippen LogP contribution in [0, 0.1) is 0 Å². The second kappa shape index (κ2) is 6.10. The smallest absolute Gasteiger partial charge is 0.262 e. The monoisotopic (exact) mass is 344 g/mol. The molecule has 1 aliphatic carbocycles. The van der Waals surface area contributed by atoms with Crippen molar-refractivity contribution in [1.82, 2.24) is 9.55 Å². The van der Waals surface area contributed by atoms with E-state index in [9.17, 15) is 4.79 Å². The van der Waals surface area contributed by atoms with Gasteiger partial charge in [-0.1, -0.05) is 30.2 Å². The molecule has 0 fully saturated rings. The van der Waals surface area contributed by atoms with Crippen molar-refractivity contribution in [3.63, 3.8) is 0 Å². The average Bonchev–Trinajstić information content (AvgIpc) is 2.73. The van der Waals surface area contributed by atoms with E-state index in [1.54, 1.807) is 22.2 Å². The molecule has 0 atom stereocenters. The molecular formula is C18H17ClN2OS. The first-order valence-electron chi connectivity index (χ1n) is 7.96. The fourth-order valence-electron chi connectivity index (χ4n) is 3.30. The Bertz CT molecular complexity index is 928. The molecule has 2 heterocycles. The Morgan fingerprint density at radius 3 is 2.96 bits per heavy atom. The van der Waals surface area contributed by atoms with Gasteiger partial charge < -0.3 is 0 Å². The number of rotatable bonds is 2. The van der Waals surface area contributed by atoms with Crippen LogP contribution in [0.15, 0.2) is 35.4 Å². The van der Waals surface area contributed by atoms with Gasteiger partial charge >= 0.3 is 0 Å². The van der Waals surface area contributed by atoms with Gasteiger partial charge in [-0.15, -0.1) is 11.3 Å². The molecule has 23 heavy (non-hydrogen) atoms. The first-order valence-corrected chi connectivity index (χ1v) is 9.16. The number of thiophene rings is 1. The van der Waals surface area contributed by atoms with Crippen molar-refractivity contribution >= 4 is 33.2 Å². The lowest BCUT2D eigenvalue weighted by Crippen LogP contribution is -2.21. The maximum Gasteiger partial charge on any atom is 0.262 e. The summed E-state index contributed by atoms with van der Waals surface area (Å²) in [7, 11) is 0. The van der Waals surface area contributed by atoms with Crippen molar-refractivity contribution in [3.05, 3.63) is 62.0 Å². The van der Waals surface area contributed by atoms with E-state index < -0.39 is 0 Å². The molecule has 0 N–H and O–H groups in total. The number of nitrogens with zero attached hydrogens (tertiary/aromatic N) is 2. The summed E-state index contributed by atoms with van der Waals surface area (Å²) in [5.41, 5.74) is 2.34. The normalized spacial score (nSPS) is 14.7. The van der Waals surface area contributed by atoms with E-state index >= 15 is 0 Å².